The molecule has 84 valence electrons. The second-order valence-electron chi connectivity index (χ2n) is 2.81. The highest BCUT2D eigenvalue weighted by Gasteiger charge is 2.45. The van der Waals surface area contributed by atoms with Gasteiger partial charge in [0.2, 0.25) is 0 Å². The normalized spacial score (nSPS) is 20.4. The van der Waals surface area contributed by atoms with Crippen LogP contribution < -0.4 is 0 Å². The fraction of sp³-hybridized carbons (Fsp3) is 0.667. The minimum absolute atomic E-state index is 0.211. The zero-order valence-electron chi connectivity index (χ0n) is 7.94. The minimum atomic E-state index is -1.01. The van der Waals surface area contributed by atoms with E-state index in [2.05, 4.69) is 0 Å². The summed E-state index contributed by atoms with van der Waals surface area (Å²) < 4.78 is 0. The predicted molar refractivity (Wildman–Crippen MR) is 47.2 cm³/mol. The van der Waals surface area contributed by atoms with E-state index in [1.165, 1.54) is 0 Å². The molecular weight excluding hydrogens is 208 g/mol. The zero-order valence-corrected chi connectivity index (χ0v) is 7.94. The van der Waals surface area contributed by atoms with Gasteiger partial charge in [-0.3, -0.25) is 0 Å². The molecule has 0 saturated heterocycles. The lowest BCUT2D eigenvalue weighted by Crippen LogP contribution is -2.45. The Balaban J connectivity index is 3.02. The molecular formula is C6H10N4O5. The lowest BCUT2D eigenvalue weighted by atomic mass is 10.4. The molecule has 1 heterocycles. The van der Waals surface area contributed by atoms with E-state index in [0.29, 0.717) is 5.01 Å². The van der Waals surface area contributed by atoms with Crippen LogP contribution in [0.15, 0.2) is 12.0 Å². The van der Waals surface area contributed by atoms with Gasteiger partial charge in [-0.2, -0.15) is 0 Å². The molecule has 0 aromatic rings. The highest BCUT2D eigenvalue weighted by molar-refractivity contribution is 5.00. The van der Waals surface area contributed by atoms with E-state index in [1.54, 1.807) is 6.92 Å². The molecule has 0 spiro atoms. The molecule has 1 N–H and O–H groups in total. The lowest BCUT2D eigenvalue weighted by Gasteiger charge is -2.19. The minimum Gasteiger partial charge on any atom is -0.390 e. The van der Waals surface area contributed by atoms with Gasteiger partial charge in [0.05, 0.1) is 6.54 Å². The summed E-state index contributed by atoms with van der Waals surface area (Å²) in [5.41, 5.74) is 0. The smallest absolute Gasteiger partial charge is 0.342 e. The molecule has 0 fully saturated rings. The number of aliphatic hydroxyl groups excluding tert-OH is 1. The summed E-state index contributed by atoms with van der Waals surface area (Å²) >= 11 is 0. The molecule has 0 aromatic carbocycles. The predicted octanol–water partition coefficient (Wildman–Crippen LogP) is -0.790. The van der Waals surface area contributed by atoms with Gasteiger partial charge in [-0.15, -0.1) is 0 Å². The fourth-order valence-corrected chi connectivity index (χ4v) is 1.44. The molecule has 9 heteroatoms. The average Bonchev–Trinajstić information content (AvgIpc) is 2.55. The van der Waals surface area contributed by atoms with Crippen molar-refractivity contribution in [3.63, 3.8) is 0 Å². The lowest BCUT2D eigenvalue weighted by molar-refractivity contribution is -0.650. The van der Waals surface area contributed by atoms with Crippen LogP contribution in [0.3, 0.4) is 0 Å². The van der Waals surface area contributed by atoms with Gasteiger partial charge in [0, 0.05) is 0 Å². The molecule has 1 atom stereocenters. The zero-order chi connectivity index (χ0) is 11.6. The van der Waals surface area contributed by atoms with Crippen LogP contribution >= 0.6 is 0 Å². The topological polar surface area (TPSA) is 113 Å². The molecule has 9 nitrogen and oxygen atoms in total. The first-order valence-electron chi connectivity index (χ1n) is 4.19. The molecule has 1 rings (SSSR count). The Morgan fingerprint density at radius 3 is 2.47 bits per heavy atom. The van der Waals surface area contributed by atoms with Crippen LogP contribution in [0.1, 0.15) is 6.92 Å². The van der Waals surface area contributed by atoms with Crippen LogP contribution in [0.25, 0.3) is 0 Å². The standard InChI is InChI=1S/C6H10N4O5/c1-2-7-5(9(12)13)3-8(10(14)15)6(7)4-11/h3,6,11H,2,4H2,1H3. The van der Waals surface area contributed by atoms with Crippen LogP contribution in [-0.2, 0) is 0 Å². The second kappa shape index (κ2) is 4.09. The van der Waals surface area contributed by atoms with Crippen LogP contribution in [0, 0.1) is 20.2 Å². The van der Waals surface area contributed by atoms with Crippen molar-refractivity contribution in [1.82, 2.24) is 9.91 Å². The van der Waals surface area contributed by atoms with Gasteiger partial charge < -0.3 is 15.2 Å². The van der Waals surface area contributed by atoms with Crippen LogP contribution in [0.2, 0.25) is 0 Å². The van der Waals surface area contributed by atoms with E-state index < -0.39 is 22.7 Å². The first-order valence-corrected chi connectivity index (χ1v) is 4.19. The van der Waals surface area contributed by atoms with Crippen molar-refractivity contribution in [2.24, 2.45) is 0 Å². The Hall–Kier alpha value is -1.90. The van der Waals surface area contributed by atoms with Gasteiger partial charge in [0.25, 0.3) is 6.17 Å². The maximum atomic E-state index is 10.6. The van der Waals surface area contributed by atoms with Crippen molar-refractivity contribution in [3.05, 3.63) is 32.2 Å². The SMILES string of the molecule is CCN1C([N+](=O)[O-])=CN([N+](=O)[O-])C1CO. The van der Waals surface area contributed by atoms with E-state index in [1.807, 2.05) is 0 Å². The molecule has 15 heavy (non-hydrogen) atoms. The van der Waals surface area contributed by atoms with Crippen LogP contribution in [0.5, 0.6) is 0 Å². The van der Waals surface area contributed by atoms with Crippen molar-refractivity contribution in [1.29, 1.82) is 0 Å². The van der Waals surface area contributed by atoms with Crippen molar-refractivity contribution >= 4 is 0 Å². The first kappa shape index (κ1) is 11.2. The Kier molecular flexibility index (Phi) is 3.04. The van der Waals surface area contributed by atoms with Crippen molar-refractivity contribution in [2.75, 3.05) is 13.2 Å². The number of nitro groups is 2. The van der Waals surface area contributed by atoms with E-state index in [0.717, 1.165) is 11.1 Å². The Morgan fingerprint density at radius 1 is 1.53 bits per heavy atom. The average molecular weight is 218 g/mol. The van der Waals surface area contributed by atoms with Crippen molar-refractivity contribution in [2.45, 2.75) is 13.1 Å². The van der Waals surface area contributed by atoms with E-state index in [-0.39, 0.29) is 12.4 Å². The highest BCUT2D eigenvalue weighted by Crippen LogP contribution is 2.22. The third-order valence-corrected chi connectivity index (χ3v) is 2.09. The third kappa shape index (κ3) is 1.81. The Morgan fingerprint density at radius 2 is 2.13 bits per heavy atom. The number of hydrogen-bond donors (Lipinski definition) is 1. The maximum absolute atomic E-state index is 10.6. The van der Waals surface area contributed by atoms with E-state index >= 15 is 0 Å². The monoisotopic (exact) mass is 218 g/mol. The molecule has 0 radical (unpaired) electrons. The van der Waals surface area contributed by atoms with E-state index in [9.17, 15) is 20.2 Å². The second-order valence-corrected chi connectivity index (χ2v) is 2.81. The molecule has 0 aromatic heterocycles. The summed E-state index contributed by atoms with van der Waals surface area (Å²) in [4.78, 5) is 21.5. The first-order chi connectivity index (χ1) is 7.02. The van der Waals surface area contributed by atoms with Gasteiger partial charge in [0.15, 0.2) is 11.2 Å². The molecule has 1 aliphatic rings. The van der Waals surface area contributed by atoms with Gasteiger partial charge >= 0.3 is 5.82 Å². The number of rotatable bonds is 4. The molecule has 0 bridgehead atoms. The van der Waals surface area contributed by atoms with Gasteiger partial charge in [0.1, 0.15) is 6.61 Å². The Labute approximate surface area is 84.5 Å². The van der Waals surface area contributed by atoms with Gasteiger partial charge in [-0.1, -0.05) is 0 Å². The van der Waals surface area contributed by atoms with Crippen molar-refractivity contribution in [3.8, 4) is 0 Å². The summed E-state index contributed by atoms with van der Waals surface area (Å²) in [7, 11) is 0. The summed E-state index contributed by atoms with van der Waals surface area (Å²) in [5.74, 6) is -0.381. The van der Waals surface area contributed by atoms with E-state index in [4.69, 9.17) is 5.11 Å². The Bertz CT molecular complexity index is 317. The molecule has 0 saturated carbocycles. The fourth-order valence-electron chi connectivity index (χ4n) is 1.44. The third-order valence-electron chi connectivity index (χ3n) is 2.09. The number of nitrogens with zero attached hydrogens (tertiary/aromatic N) is 4. The summed E-state index contributed by atoms with van der Waals surface area (Å²) in [6.45, 7) is 1.27. The number of aliphatic hydroxyl groups is 1. The quantitative estimate of drug-likeness (QED) is 0.485. The number of hydrogen-bond acceptors (Lipinski definition) is 6. The molecule has 1 unspecified atom stereocenters. The molecule has 1 aliphatic heterocycles. The van der Waals surface area contributed by atoms with Gasteiger partial charge in [-0.25, -0.2) is 15.0 Å². The number of likely N-dealkylation sites (N-methyl/N-ethyl adjacent to an activating group) is 1. The molecule has 0 amide bonds. The highest BCUT2D eigenvalue weighted by atomic mass is 16.7. The summed E-state index contributed by atoms with van der Waals surface area (Å²) in [5, 5.41) is 29.8. The van der Waals surface area contributed by atoms with Crippen LogP contribution in [0.4, 0.5) is 0 Å². The van der Waals surface area contributed by atoms with Crippen molar-refractivity contribution < 1.29 is 15.1 Å². The summed E-state index contributed by atoms with van der Waals surface area (Å²) in [6, 6.07) is 0. The summed E-state index contributed by atoms with van der Waals surface area (Å²) in [6.07, 6.45) is -0.199. The largest absolute Gasteiger partial charge is 0.390 e. The molecule has 0 aliphatic carbocycles. The number of hydrazine groups is 1. The maximum Gasteiger partial charge on any atom is 0.342 e. The van der Waals surface area contributed by atoms with Gasteiger partial charge in [-0.05, 0) is 16.9 Å². The van der Waals surface area contributed by atoms with Crippen LogP contribution in [-0.4, -0.2) is 44.3 Å².